The minimum Gasteiger partial charge on any atom is -0.321 e. The molecule has 0 saturated carbocycles. The Bertz CT molecular complexity index is 734. The van der Waals surface area contributed by atoms with Crippen molar-refractivity contribution in [2.75, 3.05) is 10.1 Å². The quantitative estimate of drug-likeness (QED) is 0.593. The maximum atomic E-state index is 12.3. The number of rotatable bonds is 4. The summed E-state index contributed by atoms with van der Waals surface area (Å²) >= 11 is 6.01. The predicted molar refractivity (Wildman–Crippen MR) is 79.0 cm³/mol. The molecule has 0 saturated heterocycles. The third-order valence-electron chi connectivity index (χ3n) is 2.55. The number of nitrogens with one attached hydrogen (secondary N) is 2. The number of aryl methyl sites for hydroxylation is 1. The van der Waals surface area contributed by atoms with Gasteiger partial charge in [0, 0.05) is 6.20 Å². The van der Waals surface area contributed by atoms with Crippen LogP contribution in [0.2, 0.25) is 5.02 Å². The lowest BCUT2D eigenvalue weighted by atomic mass is 10.2. The highest BCUT2D eigenvalue weighted by atomic mass is 35.5. The fourth-order valence-corrected chi connectivity index (χ4v) is 3.13. The number of pyridine rings is 1. The van der Waals surface area contributed by atoms with E-state index in [4.69, 9.17) is 17.4 Å². The Hall–Kier alpha value is -1.83. The van der Waals surface area contributed by atoms with E-state index in [9.17, 15) is 8.42 Å². The number of halogens is 1. The van der Waals surface area contributed by atoms with E-state index in [-0.39, 0.29) is 16.4 Å². The van der Waals surface area contributed by atoms with E-state index < -0.39 is 10.0 Å². The molecule has 106 valence electrons. The molecule has 0 bridgehead atoms. The Kier molecular flexibility index (Phi) is 4.12. The molecular formula is C12H13ClN4O2S. The lowest BCUT2D eigenvalue weighted by molar-refractivity contribution is 0.598. The molecule has 0 atom stereocenters. The zero-order valence-corrected chi connectivity index (χ0v) is 12.2. The van der Waals surface area contributed by atoms with Crippen molar-refractivity contribution in [2.45, 2.75) is 11.9 Å². The smallest absolute Gasteiger partial charge is 0.281 e. The molecule has 0 aliphatic heterocycles. The van der Waals surface area contributed by atoms with E-state index in [0.29, 0.717) is 5.02 Å². The molecule has 1 aromatic carbocycles. The SMILES string of the molecule is Cc1ccc(NS(=O)(=O)c2ncccc2NN)c(Cl)c1. The van der Waals surface area contributed by atoms with E-state index in [1.807, 2.05) is 6.92 Å². The Balaban J connectivity index is 2.41. The number of nitrogens with zero attached hydrogens (tertiary/aromatic N) is 1. The topological polar surface area (TPSA) is 97.1 Å². The number of nitrogen functional groups attached to an aromatic ring is 1. The van der Waals surface area contributed by atoms with Crippen LogP contribution in [0.1, 0.15) is 5.56 Å². The van der Waals surface area contributed by atoms with Crippen LogP contribution in [-0.2, 0) is 10.0 Å². The normalized spacial score (nSPS) is 11.2. The highest BCUT2D eigenvalue weighted by Gasteiger charge is 2.20. The molecule has 0 spiro atoms. The Labute approximate surface area is 122 Å². The molecule has 8 heteroatoms. The molecule has 20 heavy (non-hydrogen) atoms. The summed E-state index contributed by atoms with van der Waals surface area (Å²) in [5, 5.41) is 0.117. The van der Waals surface area contributed by atoms with Gasteiger partial charge in [-0.15, -0.1) is 0 Å². The van der Waals surface area contributed by atoms with Gasteiger partial charge in [-0.05, 0) is 36.8 Å². The summed E-state index contributed by atoms with van der Waals surface area (Å²) in [5.41, 5.74) is 3.71. The van der Waals surface area contributed by atoms with Crippen molar-refractivity contribution >= 4 is 33.0 Å². The zero-order valence-electron chi connectivity index (χ0n) is 10.6. The summed E-state index contributed by atoms with van der Waals surface area (Å²) in [7, 11) is -3.88. The largest absolute Gasteiger partial charge is 0.321 e. The minimum absolute atomic E-state index is 0.195. The van der Waals surface area contributed by atoms with Crippen LogP contribution in [0, 0.1) is 6.92 Å². The van der Waals surface area contributed by atoms with Gasteiger partial charge in [0.15, 0.2) is 0 Å². The second-order valence-electron chi connectivity index (χ2n) is 4.09. The third-order valence-corrected chi connectivity index (χ3v) is 4.19. The first-order valence-electron chi connectivity index (χ1n) is 5.64. The summed E-state index contributed by atoms with van der Waals surface area (Å²) < 4.78 is 27.0. The van der Waals surface area contributed by atoms with Gasteiger partial charge < -0.3 is 5.43 Å². The number of sulfonamides is 1. The van der Waals surface area contributed by atoms with Crippen LogP contribution in [0.3, 0.4) is 0 Å². The van der Waals surface area contributed by atoms with Crippen molar-refractivity contribution in [3.63, 3.8) is 0 Å². The fraction of sp³-hybridized carbons (Fsp3) is 0.0833. The monoisotopic (exact) mass is 312 g/mol. The van der Waals surface area contributed by atoms with Crippen molar-refractivity contribution in [1.29, 1.82) is 0 Å². The summed E-state index contributed by atoms with van der Waals surface area (Å²) in [5.74, 6) is 5.28. The van der Waals surface area contributed by atoms with Crippen LogP contribution in [0.5, 0.6) is 0 Å². The first-order chi connectivity index (χ1) is 9.44. The molecule has 2 rings (SSSR count). The molecule has 4 N–H and O–H groups in total. The Morgan fingerprint density at radius 1 is 1.25 bits per heavy atom. The number of hydrazine groups is 1. The van der Waals surface area contributed by atoms with E-state index in [1.54, 1.807) is 24.3 Å². The maximum absolute atomic E-state index is 12.3. The van der Waals surface area contributed by atoms with Crippen molar-refractivity contribution in [3.05, 3.63) is 47.1 Å². The molecule has 1 heterocycles. The summed E-state index contributed by atoms with van der Waals surface area (Å²) in [6.45, 7) is 1.86. The van der Waals surface area contributed by atoms with Gasteiger partial charge in [0.2, 0.25) is 5.03 Å². The predicted octanol–water partition coefficient (Wildman–Crippen LogP) is 2.13. The van der Waals surface area contributed by atoms with Crippen LogP contribution in [0.15, 0.2) is 41.6 Å². The third kappa shape index (κ3) is 3.01. The van der Waals surface area contributed by atoms with Gasteiger partial charge in [-0.2, -0.15) is 8.42 Å². The standard InChI is InChI=1S/C12H13ClN4O2S/c1-8-4-5-10(9(13)7-8)17-20(18,19)12-11(16-14)3-2-6-15-12/h2-7,16-17H,14H2,1H3. The average Bonchev–Trinajstić information content (AvgIpc) is 2.42. The van der Waals surface area contributed by atoms with Gasteiger partial charge in [0.1, 0.15) is 0 Å². The molecule has 0 aliphatic carbocycles. The summed E-state index contributed by atoms with van der Waals surface area (Å²) in [6.07, 6.45) is 1.37. The summed E-state index contributed by atoms with van der Waals surface area (Å²) in [6, 6.07) is 8.10. The number of hydrogen-bond acceptors (Lipinski definition) is 5. The molecule has 6 nitrogen and oxygen atoms in total. The number of hydrogen-bond donors (Lipinski definition) is 3. The van der Waals surface area contributed by atoms with E-state index in [1.165, 1.54) is 12.3 Å². The lowest BCUT2D eigenvalue weighted by Gasteiger charge is -2.12. The molecule has 1 aromatic heterocycles. The maximum Gasteiger partial charge on any atom is 0.281 e. The van der Waals surface area contributed by atoms with E-state index in [2.05, 4.69) is 15.1 Å². The van der Waals surface area contributed by atoms with E-state index in [0.717, 1.165) is 5.56 Å². The van der Waals surface area contributed by atoms with Crippen LogP contribution >= 0.6 is 11.6 Å². The highest BCUT2D eigenvalue weighted by Crippen LogP contribution is 2.26. The molecule has 0 radical (unpaired) electrons. The minimum atomic E-state index is -3.88. The van der Waals surface area contributed by atoms with Gasteiger partial charge in [0.25, 0.3) is 10.0 Å². The van der Waals surface area contributed by atoms with Crippen molar-refractivity contribution in [3.8, 4) is 0 Å². The van der Waals surface area contributed by atoms with Crippen molar-refractivity contribution in [1.82, 2.24) is 4.98 Å². The van der Waals surface area contributed by atoms with Crippen LogP contribution in [0.25, 0.3) is 0 Å². The number of aromatic nitrogens is 1. The fourth-order valence-electron chi connectivity index (χ4n) is 1.61. The number of anilines is 2. The van der Waals surface area contributed by atoms with Gasteiger partial charge in [-0.3, -0.25) is 10.6 Å². The average molecular weight is 313 g/mol. The van der Waals surface area contributed by atoms with Gasteiger partial charge in [-0.1, -0.05) is 17.7 Å². The first-order valence-corrected chi connectivity index (χ1v) is 7.51. The molecular weight excluding hydrogens is 300 g/mol. The Morgan fingerprint density at radius 3 is 2.65 bits per heavy atom. The first kappa shape index (κ1) is 14.6. The molecule has 0 amide bonds. The molecule has 2 aromatic rings. The van der Waals surface area contributed by atoms with Gasteiger partial charge >= 0.3 is 0 Å². The lowest BCUT2D eigenvalue weighted by Crippen LogP contribution is -2.19. The second kappa shape index (κ2) is 5.66. The number of benzene rings is 1. The van der Waals surface area contributed by atoms with Crippen molar-refractivity contribution in [2.24, 2.45) is 5.84 Å². The zero-order chi connectivity index (χ0) is 14.8. The number of nitrogens with two attached hydrogens (primary N) is 1. The molecule has 0 fully saturated rings. The Morgan fingerprint density at radius 2 is 2.00 bits per heavy atom. The summed E-state index contributed by atoms with van der Waals surface area (Å²) in [4.78, 5) is 3.83. The van der Waals surface area contributed by atoms with Crippen LogP contribution in [0.4, 0.5) is 11.4 Å². The van der Waals surface area contributed by atoms with Crippen molar-refractivity contribution < 1.29 is 8.42 Å². The molecule has 0 aliphatic rings. The van der Waals surface area contributed by atoms with Gasteiger partial charge in [0.05, 0.1) is 16.4 Å². The van der Waals surface area contributed by atoms with Crippen LogP contribution < -0.4 is 16.0 Å². The second-order valence-corrected chi connectivity index (χ2v) is 6.09. The van der Waals surface area contributed by atoms with Gasteiger partial charge in [-0.25, -0.2) is 4.98 Å². The van der Waals surface area contributed by atoms with E-state index >= 15 is 0 Å². The highest BCUT2D eigenvalue weighted by molar-refractivity contribution is 7.92. The molecule has 0 unspecified atom stereocenters. The van der Waals surface area contributed by atoms with Crippen LogP contribution in [-0.4, -0.2) is 13.4 Å².